The van der Waals surface area contributed by atoms with E-state index in [0.29, 0.717) is 6.04 Å². The normalized spacial score (nSPS) is 22.7. The van der Waals surface area contributed by atoms with Gasteiger partial charge in [0.25, 0.3) is 0 Å². The molecule has 154 valence electrons. The van der Waals surface area contributed by atoms with E-state index in [2.05, 4.69) is 38.6 Å². The number of aryl methyl sites for hydroxylation is 2. The van der Waals surface area contributed by atoms with E-state index in [4.69, 9.17) is 4.99 Å². The van der Waals surface area contributed by atoms with Gasteiger partial charge in [-0.2, -0.15) is 11.8 Å². The average Bonchev–Trinajstić information content (AvgIpc) is 3.19. The number of guanidine groups is 1. The molecule has 8 heteroatoms. The predicted molar refractivity (Wildman–Crippen MR) is 125 cm³/mol. The van der Waals surface area contributed by atoms with Crippen LogP contribution in [0.1, 0.15) is 63.5 Å². The minimum absolute atomic E-state index is 0. The second kappa shape index (κ2) is 12.1. The van der Waals surface area contributed by atoms with Gasteiger partial charge in [-0.25, -0.2) is 0 Å². The van der Waals surface area contributed by atoms with E-state index in [1.54, 1.807) is 0 Å². The number of nitrogens with one attached hydrogen (secondary N) is 2. The van der Waals surface area contributed by atoms with Crippen LogP contribution in [0.5, 0.6) is 0 Å². The Labute approximate surface area is 185 Å². The summed E-state index contributed by atoms with van der Waals surface area (Å²) in [5, 5.41) is 16.6. The molecule has 0 spiro atoms. The Hall–Kier alpha value is -0.510. The van der Waals surface area contributed by atoms with Gasteiger partial charge in [-0.3, -0.25) is 4.99 Å². The summed E-state index contributed by atoms with van der Waals surface area (Å²) in [5.41, 5.74) is 0. The predicted octanol–water partition coefficient (Wildman–Crippen LogP) is 3.39. The van der Waals surface area contributed by atoms with Crippen molar-refractivity contribution in [2.24, 2.45) is 4.99 Å². The molecule has 1 saturated carbocycles. The van der Waals surface area contributed by atoms with E-state index in [9.17, 15) is 0 Å². The van der Waals surface area contributed by atoms with E-state index < -0.39 is 0 Å². The quantitative estimate of drug-likeness (QED) is 0.257. The fourth-order valence-electron chi connectivity index (χ4n) is 3.96. The molecule has 2 aliphatic rings. The Morgan fingerprint density at radius 1 is 1.26 bits per heavy atom. The van der Waals surface area contributed by atoms with Gasteiger partial charge in [-0.1, -0.05) is 6.42 Å². The second-order valence-corrected chi connectivity index (χ2v) is 8.51. The van der Waals surface area contributed by atoms with Gasteiger partial charge in [0.15, 0.2) is 5.96 Å². The summed E-state index contributed by atoms with van der Waals surface area (Å²) in [4.78, 5) is 4.79. The molecule has 1 aliphatic heterocycles. The van der Waals surface area contributed by atoms with Gasteiger partial charge in [0.05, 0.1) is 0 Å². The maximum atomic E-state index is 4.79. The molecule has 1 fully saturated rings. The third-order valence-electron chi connectivity index (χ3n) is 5.42. The Kier molecular flexibility index (Phi) is 10.2. The first kappa shape index (κ1) is 22.8. The van der Waals surface area contributed by atoms with Gasteiger partial charge >= 0.3 is 0 Å². The molecule has 27 heavy (non-hydrogen) atoms. The molecule has 1 aliphatic carbocycles. The molecule has 0 amide bonds. The van der Waals surface area contributed by atoms with Crippen LogP contribution >= 0.6 is 35.7 Å². The van der Waals surface area contributed by atoms with Crippen LogP contribution in [0.15, 0.2) is 4.99 Å². The third-order valence-corrected chi connectivity index (χ3v) is 6.51. The zero-order valence-corrected chi connectivity index (χ0v) is 19.9. The van der Waals surface area contributed by atoms with Gasteiger partial charge in [0.2, 0.25) is 0 Å². The van der Waals surface area contributed by atoms with Crippen LogP contribution in [0.3, 0.4) is 0 Å². The van der Waals surface area contributed by atoms with Crippen LogP contribution in [0.2, 0.25) is 0 Å². The lowest BCUT2D eigenvalue weighted by atomic mass is 10.2. The van der Waals surface area contributed by atoms with E-state index in [1.165, 1.54) is 44.3 Å². The number of nitrogens with zero attached hydrogens (tertiary/aromatic N) is 4. The highest BCUT2D eigenvalue weighted by Gasteiger charge is 2.24. The minimum atomic E-state index is 0. The fraction of sp³-hybridized carbons (Fsp3) is 0.842. The minimum Gasteiger partial charge on any atom is -0.357 e. The largest absolute Gasteiger partial charge is 0.357 e. The van der Waals surface area contributed by atoms with E-state index >= 15 is 0 Å². The maximum Gasteiger partial charge on any atom is 0.191 e. The van der Waals surface area contributed by atoms with Crippen LogP contribution < -0.4 is 10.6 Å². The lowest BCUT2D eigenvalue weighted by molar-refractivity contribution is 0.595. The van der Waals surface area contributed by atoms with E-state index in [-0.39, 0.29) is 24.0 Å². The zero-order chi connectivity index (χ0) is 18.2. The van der Waals surface area contributed by atoms with Crippen molar-refractivity contribution in [2.45, 2.75) is 82.5 Å². The first-order valence-corrected chi connectivity index (χ1v) is 11.6. The van der Waals surface area contributed by atoms with Gasteiger partial charge < -0.3 is 15.2 Å². The monoisotopic (exact) mass is 506 g/mol. The van der Waals surface area contributed by atoms with Gasteiger partial charge in [0.1, 0.15) is 11.6 Å². The number of thioether (sulfide) groups is 1. The third kappa shape index (κ3) is 6.80. The number of hydrogen-bond donors (Lipinski definition) is 2. The molecule has 2 atom stereocenters. The molecule has 1 aromatic rings. The summed E-state index contributed by atoms with van der Waals surface area (Å²) in [6.07, 6.45) is 12.9. The molecule has 1 aromatic heterocycles. The summed E-state index contributed by atoms with van der Waals surface area (Å²) < 4.78 is 2.35. The molecule has 6 nitrogen and oxygen atoms in total. The van der Waals surface area contributed by atoms with E-state index in [1.807, 2.05) is 11.8 Å². The van der Waals surface area contributed by atoms with Crippen LogP contribution in [-0.2, 0) is 19.4 Å². The lowest BCUT2D eigenvalue weighted by Crippen LogP contribution is -2.42. The molecule has 0 aromatic carbocycles. The number of aliphatic imine (C=N–C) groups is 1. The van der Waals surface area contributed by atoms with Gasteiger partial charge in [0, 0.05) is 43.8 Å². The molecule has 2 heterocycles. The molecular formula is C19H35IN6S. The summed E-state index contributed by atoms with van der Waals surface area (Å²) in [7, 11) is 0. The molecule has 0 radical (unpaired) electrons. The number of halogens is 1. The van der Waals surface area contributed by atoms with Gasteiger partial charge in [-0.05, 0) is 51.7 Å². The summed E-state index contributed by atoms with van der Waals surface area (Å²) in [5.74, 6) is 3.30. The number of rotatable bonds is 7. The first-order chi connectivity index (χ1) is 12.8. The topological polar surface area (TPSA) is 67.1 Å². The SMILES string of the molecule is CCNC(=NCCCc1nnc2n1CCCCC2)NC1CCC(SC)C1.I. The maximum absolute atomic E-state index is 4.79. The van der Waals surface area contributed by atoms with Crippen LogP contribution in [-0.4, -0.2) is 51.4 Å². The van der Waals surface area contributed by atoms with Gasteiger partial charge in [-0.15, -0.1) is 34.2 Å². The Bertz CT molecular complexity index is 591. The van der Waals surface area contributed by atoms with Crippen molar-refractivity contribution in [1.29, 1.82) is 0 Å². The summed E-state index contributed by atoms with van der Waals surface area (Å²) in [6.45, 7) is 4.95. The molecule has 0 bridgehead atoms. The van der Waals surface area contributed by atoms with E-state index in [0.717, 1.165) is 55.9 Å². The van der Waals surface area contributed by atoms with Crippen molar-refractivity contribution in [3.8, 4) is 0 Å². The molecule has 2 unspecified atom stereocenters. The molecule has 3 rings (SSSR count). The highest BCUT2D eigenvalue weighted by atomic mass is 127. The van der Waals surface area contributed by atoms with Crippen LogP contribution in [0.25, 0.3) is 0 Å². The second-order valence-electron chi connectivity index (χ2n) is 7.37. The summed E-state index contributed by atoms with van der Waals surface area (Å²) in [6, 6.07) is 0.567. The average molecular weight is 507 g/mol. The van der Waals surface area contributed by atoms with Crippen LogP contribution in [0.4, 0.5) is 0 Å². The molecule has 0 saturated heterocycles. The molecule has 2 N–H and O–H groups in total. The van der Waals surface area contributed by atoms with Crippen molar-refractivity contribution in [3.05, 3.63) is 11.6 Å². The van der Waals surface area contributed by atoms with Crippen molar-refractivity contribution >= 4 is 41.7 Å². The Morgan fingerprint density at radius 2 is 2.15 bits per heavy atom. The van der Waals surface area contributed by atoms with Crippen molar-refractivity contribution in [2.75, 3.05) is 19.3 Å². The number of fused-ring (bicyclic) bond motifs is 1. The molecular weight excluding hydrogens is 471 g/mol. The first-order valence-electron chi connectivity index (χ1n) is 10.3. The highest BCUT2D eigenvalue weighted by molar-refractivity contribution is 14.0. The summed E-state index contributed by atoms with van der Waals surface area (Å²) >= 11 is 1.99. The van der Waals surface area contributed by atoms with Crippen molar-refractivity contribution in [1.82, 2.24) is 25.4 Å². The van der Waals surface area contributed by atoms with Crippen LogP contribution in [0, 0.1) is 0 Å². The number of hydrogen-bond acceptors (Lipinski definition) is 4. The van der Waals surface area contributed by atoms with Crippen molar-refractivity contribution in [3.63, 3.8) is 0 Å². The smallest absolute Gasteiger partial charge is 0.191 e. The number of aromatic nitrogens is 3. The highest BCUT2D eigenvalue weighted by Crippen LogP contribution is 2.28. The Morgan fingerprint density at radius 3 is 2.93 bits per heavy atom. The standard InChI is InChI=1S/C19H34N6S.HI/c1-3-20-19(22-15-10-11-16(14-15)26-2)21-12-7-9-18-24-23-17-8-5-4-6-13-25(17)18;/h15-16H,3-14H2,1-2H3,(H2,20,21,22);1H. The Balaban J connectivity index is 0.00000261. The van der Waals surface area contributed by atoms with Crippen molar-refractivity contribution < 1.29 is 0 Å². The fourth-order valence-corrected chi connectivity index (χ4v) is 4.75. The zero-order valence-electron chi connectivity index (χ0n) is 16.7. The lowest BCUT2D eigenvalue weighted by Gasteiger charge is -2.17.